The number of carbonyl (C=O) groups excluding carboxylic acids is 2. The van der Waals surface area contributed by atoms with Crippen LogP contribution in [0, 0.1) is 10.1 Å². The molecule has 1 aromatic rings. The second kappa shape index (κ2) is 7.47. The number of nitro groups is 1. The minimum atomic E-state index is -0.727. The van der Waals surface area contributed by atoms with Crippen molar-refractivity contribution in [2.24, 2.45) is 4.99 Å². The average molecular weight is 403 g/mol. The lowest BCUT2D eigenvalue weighted by Gasteiger charge is -2.35. The summed E-state index contributed by atoms with van der Waals surface area (Å²) in [4.78, 5) is 41.9. The number of carbonyl (C=O) groups is 2. The summed E-state index contributed by atoms with van der Waals surface area (Å²) in [6.07, 6.45) is 0. The normalized spacial score (nSPS) is 18.6. The second-order valence-corrected chi connectivity index (χ2v) is 7.00. The van der Waals surface area contributed by atoms with Crippen molar-refractivity contribution in [3.63, 3.8) is 0 Å². The molecule has 0 unspecified atom stereocenters. The van der Waals surface area contributed by atoms with Gasteiger partial charge in [0.1, 0.15) is 4.91 Å². The zero-order valence-electron chi connectivity index (χ0n) is 15.6. The molecule has 0 aliphatic carbocycles. The van der Waals surface area contributed by atoms with E-state index in [1.165, 1.54) is 26.4 Å². The third kappa shape index (κ3) is 3.15. The van der Waals surface area contributed by atoms with Crippen LogP contribution in [0.2, 0.25) is 0 Å². The molecule has 10 heteroatoms. The average Bonchev–Trinajstić information content (AvgIpc) is 3.01. The van der Waals surface area contributed by atoms with Gasteiger partial charge in [-0.05, 0) is 31.2 Å². The number of nitrogens with zero attached hydrogens (tertiary/aromatic N) is 3. The number of aliphatic imine (C=N–C) groups is 1. The molecule has 0 saturated heterocycles. The summed E-state index contributed by atoms with van der Waals surface area (Å²) in [6, 6.07) is 5.28. The fourth-order valence-electron chi connectivity index (χ4n) is 3.15. The summed E-state index contributed by atoms with van der Waals surface area (Å²) in [6.45, 7) is 3.37. The summed E-state index contributed by atoms with van der Waals surface area (Å²) in [5.41, 5.74) is 1.61. The Hall–Kier alpha value is -3.14. The number of hydrogen-bond donors (Lipinski definition) is 0. The Bertz CT molecular complexity index is 981. The van der Waals surface area contributed by atoms with E-state index < -0.39 is 22.9 Å². The Kier molecular flexibility index (Phi) is 5.23. The summed E-state index contributed by atoms with van der Waals surface area (Å²) in [5, 5.41) is 11.7. The maximum absolute atomic E-state index is 12.5. The largest absolute Gasteiger partial charge is 0.466 e. The van der Waals surface area contributed by atoms with Crippen LogP contribution in [0.3, 0.4) is 0 Å². The maximum Gasteiger partial charge on any atom is 0.346 e. The summed E-state index contributed by atoms with van der Waals surface area (Å²) in [7, 11) is 2.54. The van der Waals surface area contributed by atoms with E-state index in [0.717, 1.165) is 11.8 Å². The number of allylic oxidation sites excluding steroid dienone is 2. The molecule has 0 fully saturated rings. The summed E-state index contributed by atoms with van der Waals surface area (Å²) < 4.78 is 9.76. The van der Waals surface area contributed by atoms with Gasteiger partial charge in [-0.1, -0.05) is 12.1 Å². The molecule has 0 radical (unpaired) electrons. The van der Waals surface area contributed by atoms with Gasteiger partial charge in [0.2, 0.25) is 0 Å². The van der Waals surface area contributed by atoms with Crippen molar-refractivity contribution in [3.8, 4) is 0 Å². The van der Waals surface area contributed by atoms with E-state index in [-0.39, 0.29) is 11.3 Å². The molecule has 0 N–H and O–H groups in total. The van der Waals surface area contributed by atoms with Gasteiger partial charge in [0, 0.05) is 17.8 Å². The van der Waals surface area contributed by atoms with E-state index in [2.05, 4.69) is 4.99 Å². The maximum atomic E-state index is 12.5. The molecule has 0 aromatic heterocycles. The SMILES string of the molecule is COC(=O)C1=C(C)N2C(=NC(C)=C(C(=O)OC)[C@H]2c2cccc([N+](=O)[O-])c2)S1. The molecule has 0 saturated carbocycles. The van der Waals surface area contributed by atoms with Crippen molar-refractivity contribution in [2.45, 2.75) is 19.9 Å². The van der Waals surface area contributed by atoms with E-state index >= 15 is 0 Å². The Morgan fingerprint density at radius 3 is 2.50 bits per heavy atom. The fraction of sp³-hybridized carbons (Fsp3) is 0.278. The zero-order chi connectivity index (χ0) is 20.6. The monoisotopic (exact) mass is 403 g/mol. The fourth-order valence-corrected chi connectivity index (χ4v) is 4.27. The smallest absolute Gasteiger partial charge is 0.346 e. The number of benzene rings is 1. The van der Waals surface area contributed by atoms with Gasteiger partial charge in [-0.3, -0.25) is 10.1 Å². The van der Waals surface area contributed by atoms with Crippen molar-refractivity contribution in [1.82, 2.24) is 4.90 Å². The molecule has 2 aliphatic rings. The highest BCUT2D eigenvalue weighted by molar-refractivity contribution is 8.18. The van der Waals surface area contributed by atoms with E-state index in [1.54, 1.807) is 30.9 Å². The van der Waals surface area contributed by atoms with Crippen LogP contribution in [0.5, 0.6) is 0 Å². The van der Waals surface area contributed by atoms with Crippen LogP contribution in [0.4, 0.5) is 5.69 Å². The van der Waals surface area contributed by atoms with E-state index in [9.17, 15) is 19.7 Å². The van der Waals surface area contributed by atoms with Crippen LogP contribution in [0.15, 0.2) is 51.1 Å². The summed E-state index contributed by atoms with van der Waals surface area (Å²) >= 11 is 1.13. The number of hydrogen-bond acceptors (Lipinski definition) is 9. The number of nitro benzene ring substituents is 1. The highest BCUT2D eigenvalue weighted by atomic mass is 32.2. The van der Waals surface area contributed by atoms with Crippen LogP contribution < -0.4 is 0 Å². The molecule has 2 aliphatic heterocycles. The van der Waals surface area contributed by atoms with Crippen molar-refractivity contribution in [1.29, 1.82) is 0 Å². The third-order valence-electron chi connectivity index (χ3n) is 4.45. The van der Waals surface area contributed by atoms with Gasteiger partial charge in [-0.15, -0.1) is 0 Å². The lowest BCUT2D eigenvalue weighted by molar-refractivity contribution is -0.384. The Balaban J connectivity index is 2.22. The number of non-ortho nitro benzene ring substituents is 1. The molecule has 1 aromatic carbocycles. The Morgan fingerprint density at radius 1 is 1.21 bits per heavy atom. The van der Waals surface area contributed by atoms with Gasteiger partial charge in [0.25, 0.3) is 5.69 Å². The lowest BCUT2D eigenvalue weighted by atomic mass is 9.94. The van der Waals surface area contributed by atoms with E-state index in [0.29, 0.717) is 27.0 Å². The van der Waals surface area contributed by atoms with Crippen molar-refractivity contribution >= 4 is 34.6 Å². The number of thioether (sulfide) groups is 1. The van der Waals surface area contributed by atoms with Gasteiger partial charge in [-0.25, -0.2) is 14.6 Å². The predicted molar refractivity (Wildman–Crippen MR) is 102 cm³/mol. The van der Waals surface area contributed by atoms with Crippen LogP contribution in [-0.2, 0) is 19.1 Å². The van der Waals surface area contributed by atoms with Crippen LogP contribution in [-0.4, -0.2) is 41.1 Å². The highest BCUT2D eigenvalue weighted by Gasteiger charge is 2.43. The quantitative estimate of drug-likeness (QED) is 0.429. The molecule has 2 heterocycles. The first-order chi connectivity index (χ1) is 13.3. The number of fused-ring (bicyclic) bond motifs is 1. The highest BCUT2D eigenvalue weighted by Crippen LogP contribution is 2.47. The van der Waals surface area contributed by atoms with Gasteiger partial charge >= 0.3 is 11.9 Å². The van der Waals surface area contributed by atoms with Crippen molar-refractivity contribution in [3.05, 3.63) is 61.8 Å². The first-order valence-electron chi connectivity index (χ1n) is 8.18. The lowest BCUT2D eigenvalue weighted by Crippen LogP contribution is -2.36. The first-order valence-corrected chi connectivity index (χ1v) is 9.00. The molecule has 9 nitrogen and oxygen atoms in total. The van der Waals surface area contributed by atoms with E-state index in [1.807, 2.05) is 0 Å². The number of esters is 2. The molecule has 0 spiro atoms. The minimum Gasteiger partial charge on any atom is -0.466 e. The molecular weight excluding hydrogens is 386 g/mol. The Labute approximate surface area is 164 Å². The van der Waals surface area contributed by atoms with Crippen LogP contribution >= 0.6 is 11.8 Å². The van der Waals surface area contributed by atoms with Gasteiger partial charge in [0.05, 0.1) is 36.5 Å². The standard InChI is InChI=1S/C18H17N3O6S/c1-9-13(16(22)26-3)14(11-6-5-7-12(8-11)21(24)25)20-10(2)15(17(23)27-4)28-18(20)19-9/h5-8,14H,1-4H3/t14-/m1/s1. The van der Waals surface area contributed by atoms with Crippen LogP contribution in [0.25, 0.3) is 0 Å². The number of amidine groups is 1. The van der Waals surface area contributed by atoms with Gasteiger partial charge in [-0.2, -0.15) is 0 Å². The third-order valence-corrected chi connectivity index (χ3v) is 5.58. The van der Waals surface area contributed by atoms with Gasteiger partial charge in [0.15, 0.2) is 5.17 Å². The number of ether oxygens (including phenoxy) is 2. The molecule has 0 amide bonds. The number of methoxy groups -OCH3 is 2. The van der Waals surface area contributed by atoms with E-state index in [4.69, 9.17) is 9.47 Å². The Morgan fingerprint density at radius 2 is 1.89 bits per heavy atom. The predicted octanol–water partition coefficient (Wildman–Crippen LogP) is 2.91. The molecule has 28 heavy (non-hydrogen) atoms. The number of rotatable bonds is 4. The molecule has 0 bridgehead atoms. The molecule has 3 rings (SSSR count). The summed E-state index contributed by atoms with van der Waals surface area (Å²) in [5.74, 6) is -1.12. The van der Waals surface area contributed by atoms with Crippen LogP contribution in [0.1, 0.15) is 25.5 Å². The van der Waals surface area contributed by atoms with Gasteiger partial charge < -0.3 is 14.4 Å². The topological polar surface area (TPSA) is 111 Å². The van der Waals surface area contributed by atoms with Crippen molar-refractivity contribution < 1.29 is 24.0 Å². The molecular formula is C18H17N3O6S. The first kappa shape index (κ1) is 19.6. The molecule has 146 valence electrons. The van der Waals surface area contributed by atoms with Crippen molar-refractivity contribution in [2.75, 3.05) is 14.2 Å². The zero-order valence-corrected chi connectivity index (χ0v) is 16.4. The molecule has 1 atom stereocenters. The second-order valence-electron chi connectivity index (χ2n) is 6.02. The minimum absolute atomic E-state index is 0.106.